The number of hydrogen-bond acceptors (Lipinski definition) is 1. The van der Waals surface area contributed by atoms with Crippen LogP contribution >= 0.6 is 0 Å². The van der Waals surface area contributed by atoms with Gasteiger partial charge in [0.25, 0.3) is 6.43 Å². The topological polar surface area (TPSA) is 32.9 Å². The molecule has 0 aliphatic carbocycles. The van der Waals surface area contributed by atoms with Crippen molar-refractivity contribution in [1.82, 2.24) is 4.98 Å². The second-order valence-electron chi connectivity index (χ2n) is 2.46. The van der Waals surface area contributed by atoms with Crippen LogP contribution in [0.5, 0.6) is 0 Å². The summed E-state index contributed by atoms with van der Waals surface area (Å²) in [7, 11) is 0. The Hall–Kier alpha value is -1.40. The number of H-pyrrole nitrogens is 1. The molecular weight excluding hydrogens is 209 g/mol. The van der Waals surface area contributed by atoms with Crippen molar-refractivity contribution in [1.29, 1.82) is 0 Å². The van der Waals surface area contributed by atoms with E-state index in [1.165, 1.54) is 0 Å². The van der Waals surface area contributed by atoms with Gasteiger partial charge in [-0.05, 0) is 0 Å². The number of hydrogen-bond donors (Lipinski definition) is 1. The Morgan fingerprint density at radius 3 is 2.21 bits per heavy atom. The highest BCUT2D eigenvalue weighted by Gasteiger charge is 2.32. The number of aromatic amines is 1. The van der Waals surface area contributed by atoms with E-state index in [0.717, 1.165) is 0 Å². The molecular formula is C7H4F5NO. The van der Waals surface area contributed by atoms with Crippen molar-refractivity contribution >= 4 is 0 Å². The molecule has 0 atom stereocenters. The van der Waals surface area contributed by atoms with Gasteiger partial charge in [0.2, 0.25) is 0 Å². The second-order valence-corrected chi connectivity index (χ2v) is 2.46. The summed E-state index contributed by atoms with van der Waals surface area (Å²) >= 11 is 0. The van der Waals surface area contributed by atoms with Crippen LogP contribution in [-0.4, -0.2) is 4.98 Å². The Morgan fingerprint density at radius 2 is 1.86 bits per heavy atom. The molecule has 78 valence electrons. The van der Waals surface area contributed by atoms with Crippen LogP contribution in [0, 0.1) is 0 Å². The van der Waals surface area contributed by atoms with Crippen LogP contribution in [0.4, 0.5) is 22.0 Å². The van der Waals surface area contributed by atoms with Crippen molar-refractivity contribution in [3.05, 3.63) is 33.7 Å². The lowest BCUT2D eigenvalue weighted by molar-refractivity contribution is -0.141. The molecule has 0 aliphatic heterocycles. The maximum Gasteiger partial charge on any atom is 0.431 e. The summed E-state index contributed by atoms with van der Waals surface area (Å²) in [6.45, 7) is 0. The predicted octanol–water partition coefficient (Wildman–Crippen LogP) is 2.33. The summed E-state index contributed by atoms with van der Waals surface area (Å²) < 4.78 is 59.7. The Labute approximate surface area is 74.4 Å². The van der Waals surface area contributed by atoms with E-state index in [9.17, 15) is 26.7 Å². The fourth-order valence-corrected chi connectivity index (χ4v) is 0.817. The number of rotatable bonds is 1. The third kappa shape index (κ3) is 2.09. The monoisotopic (exact) mass is 213 g/mol. The highest BCUT2D eigenvalue weighted by Crippen LogP contribution is 2.26. The van der Waals surface area contributed by atoms with Gasteiger partial charge < -0.3 is 4.98 Å². The standard InChI is InChI=1S/C7H4F5NO/c8-6(9)3-2-13-5(1-4(3)14)7(10,11)12/h1-2,6H,(H,13,14). The zero-order valence-corrected chi connectivity index (χ0v) is 6.53. The minimum absolute atomic E-state index is 0.113. The highest BCUT2D eigenvalue weighted by molar-refractivity contribution is 5.17. The minimum Gasteiger partial charge on any atom is -0.357 e. The lowest BCUT2D eigenvalue weighted by atomic mass is 10.2. The third-order valence-corrected chi connectivity index (χ3v) is 1.48. The van der Waals surface area contributed by atoms with Crippen LogP contribution < -0.4 is 5.43 Å². The van der Waals surface area contributed by atoms with Gasteiger partial charge in [-0.2, -0.15) is 13.2 Å². The highest BCUT2D eigenvalue weighted by atomic mass is 19.4. The van der Waals surface area contributed by atoms with Gasteiger partial charge in [0, 0.05) is 12.3 Å². The van der Waals surface area contributed by atoms with E-state index in [2.05, 4.69) is 0 Å². The van der Waals surface area contributed by atoms with Crippen LogP contribution in [-0.2, 0) is 6.18 Å². The molecule has 0 spiro atoms. The first kappa shape index (κ1) is 10.7. The smallest absolute Gasteiger partial charge is 0.357 e. The summed E-state index contributed by atoms with van der Waals surface area (Å²) in [4.78, 5) is 12.3. The molecule has 1 rings (SSSR count). The Morgan fingerprint density at radius 1 is 1.29 bits per heavy atom. The first-order valence-electron chi connectivity index (χ1n) is 3.40. The molecule has 7 heteroatoms. The summed E-state index contributed by atoms with van der Waals surface area (Å²) in [6.07, 6.45) is -7.45. The maximum absolute atomic E-state index is 12.0. The van der Waals surface area contributed by atoms with Gasteiger partial charge in [-0.15, -0.1) is 0 Å². The van der Waals surface area contributed by atoms with Gasteiger partial charge >= 0.3 is 6.18 Å². The first-order chi connectivity index (χ1) is 6.32. The van der Waals surface area contributed by atoms with Crippen LogP contribution in [0.1, 0.15) is 17.7 Å². The van der Waals surface area contributed by atoms with Gasteiger partial charge in [0.1, 0.15) is 5.69 Å². The zero-order chi connectivity index (χ0) is 10.9. The Bertz CT molecular complexity index is 380. The van der Waals surface area contributed by atoms with Crippen molar-refractivity contribution in [3.8, 4) is 0 Å². The van der Waals surface area contributed by atoms with Crippen LogP contribution in [0.2, 0.25) is 0 Å². The van der Waals surface area contributed by atoms with Crippen LogP contribution in [0.3, 0.4) is 0 Å². The van der Waals surface area contributed by atoms with Crippen molar-refractivity contribution < 1.29 is 22.0 Å². The quantitative estimate of drug-likeness (QED) is 0.713. The molecule has 0 radical (unpaired) electrons. The Balaban J connectivity index is 3.21. The van der Waals surface area contributed by atoms with E-state index in [4.69, 9.17) is 0 Å². The third-order valence-electron chi connectivity index (χ3n) is 1.48. The molecule has 0 unspecified atom stereocenters. The molecule has 1 aromatic heterocycles. The van der Waals surface area contributed by atoms with Crippen molar-refractivity contribution in [2.75, 3.05) is 0 Å². The molecule has 1 N–H and O–H groups in total. The van der Waals surface area contributed by atoms with Crippen LogP contribution in [0.15, 0.2) is 17.1 Å². The van der Waals surface area contributed by atoms with E-state index in [0.29, 0.717) is 6.20 Å². The molecule has 1 aromatic rings. The average molecular weight is 213 g/mol. The average Bonchev–Trinajstić information content (AvgIpc) is 2.01. The van der Waals surface area contributed by atoms with Crippen molar-refractivity contribution in [2.24, 2.45) is 0 Å². The molecule has 0 aromatic carbocycles. The molecule has 0 saturated heterocycles. The Kier molecular flexibility index (Phi) is 2.59. The normalized spacial score (nSPS) is 12.1. The van der Waals surface area contributed by atoms with E-state index in [1.807, 2.05) is 0 Å². The molecule has 2 nitrogen and oxygen atoms in total. The number of nitrogens with one attached hydrogen (secondary N) is 1. The SMILES string of the molecule is O=c1cc(C(F)(F)F)[nH]cc1C(F)F. The molecule has 1 heterocycles. The summed E-state index contributed by atoms with van der Waals surface area (Å²) in [5.41, 5.74) is -3.64. The summed E-state index contributed by atoms with van der Waals surface area (Å²) in [5.74, 6) is 0. The van der Waals surface area contributed by atoms with E-state index in [1.54, 1.807) is 4.98 Å². The summed E-state index contributed by atoms with van der Waals surface area (Å²) in [6, 6.07) is 0.113. The van der Waals surface area contributed by atoms with E-state index < -0.39 is 29.3 Å². The second kappa shape index (κ2) is 3.39. The number of aromatic nitrogens is 1. The van der Waals surface area contributed by atoms with E-state index in [-0.39, 0.29) is 6.07 Å². The zero-order valence-electron chi connectivity index (χ0n) is 6.53. The molecule has 0 aliphatic rings. The van der Waals surface area contributed by atoms with Gasteiger partial charge in [-0.25, -0.2) is 8.78 Å². The van der Waals surface area contributed by atoms with Crippen LogP contribution in [0.25, 0.3) is 0 Å². The lowest BCUT2D eigenvalue weighted by Crippen LogP contribution is -2.16. The molecule has 14 heavy (non-hydrogen) atoms. The molecule has 0 saturated carbocycles. The molecule has 0 fully saturated rings. The fourth-order valence-electron chi connectivity index (χ4n) is 0.817. The largest absolute Gasteiger partial charge is 0.431 e. The minimum atomic E-state index is -4.74. The first-order valence-corrected chi connectivity index (χ1v) is 3.40. The molecule has 0 bridgehead atoms. The van der Waals surface area contributed by atoms with Crippen molar-refractivity contribution in [3.63, 3.8) is 0 Å². The van der Waals surface area contributed by atoms with Gasteiger partial charge in [0.15, 0.2) is 5.43 Å². The summed E-state index contributed by atoms with van der Waals surface area (Å²) in [5, 5.41) is 0. The van der Waals surface area contributed by atoms with Gasteiger partial charge in [0.05, 0.1) is 5.56 Å². The molecule has 0 amide bonds. The van der Waals surface area contributed by atoms with E-state index >= 15 is 0 Å². The predicted molar refractivity (Wildman–Crippen MR) is 37.0 cm³/mol. The van der Waals surface area contributed by atoms with Gasteiger partial charge in [-0.1, -0.05) is 0 Å². The van der Waals surface area contributed by atoms with Crippen molar-refractivity contribution in [2.45, 2.75) is 12.6 Å². The lowest BCUT2D eigenvalue weighted by Gasteiger charge is -2.06. The van der Waals surface area contributed by atoms with Gasteiger partial charge in [-0.3, -0.25) is 4.79 Å². The maximum atomic E-state index is 12.0. The number of pyridine rings is 1. The number of alkyl halides is 5. The number of halogens is 5. The fraction of sp³-hybridized carbons (Fsp3) is 0.286.